The van der Waals surface area contributed by atoms with Crippen molar-refractivity contribution in [3.63, 3.8) is 0 Å². The van der Waals surface area contributed by atoms with Gasteiger partial charge in [-0.05, 0) is 54.6 Å². The molecule has 0 bridgehead atoms. The summed E-state index contributed by atoms with van der Waals surface area (Å²) in [6, 6.07) is 17.2. The number of likely N-dealkylation sites (tertiary alicyclic amines) is 1. The minimum absolute atomic E-state index is 0.211. The average molecular weight is 376 g/mol. The number of piperidine rings is 1. The van der Waals surface area contributed by atoms with Crippen LogP contribution in [-0.4, -0.2) is 34.1 Å². The number of nitriles is 1. The topological polar surface area (TPSA) is 44.9 Å². The fourth-order valence-corrected chi connectivity index (χ4v) is 4.29. The van der Waals surface area contributed by atoms with Gasteiger partial charge in [-0.15, -0.1) is 0 Å². The molecule has 0 amide bonds. The molecule has 0 radical (unpaired) electrons. The summed E-state index contributed by atoms with van der Waals surface area (Å²) < 4.78 is 15.6. The van der Waals surface area contributed by atoms with Crippen molar-refractivity contribution in [1.29, 1.82) is 5.26 Å². The quantitative estimate of drug-likeness (QED) is 0.626. The molecular formula is C23H25FN4. The molecule has 0 saturated carbocycles. The summed E-state index contributed by atoms with van der Waals surface area (Å²) in [5.74, 6) is 1.97. The van der Waals surface area contributed by atoms with Gasteiger partial charge in [-0.2, -0.15) is 5.26 Å². The lowest BCUT2D eigenvalue weighted by molar-refractivity contribution is 0.140. The van der Waals surface area contributed by atoms with Crippen LogP contribution in [0.15, 0.2) is 48.5 Å². The Hall–Kier alpha value is -2.71. The van der Waals surface area contributed by atoms with Crippen LogP contribution in [0, 0.1) is 29.0 Å². The monoisotopic (exact) mass is 376 g/mol. The fourth-order valence-electron chi connectivity index (χ4n) is 4.29. The zero-order valence-corrected chi connectivity index (χ0v) is 16.2. The summed E-state index contributed by atoms with van der Waals surface area (Å²) >= 11 is 0. The smallest absolute Gasteiger partial charge is 0.123 e. The maximum absolute atomic E-state index is 13.3. The molecule has 1 aliphatic rings. The number of hydrogen-bond acceptors (Lipinski definition) is 3. The molecule has 0 N–H and O–H groups in total. The first kappa shape index (κ1) is 18.6. The van der Waals surface area contributed by atoms with Crippen LogP contribution < -0.4 is 0 Å². The van der Waals surface area contributed by atoms with Crippen LogP contribution in [0.4, 0.5) is 4.39 Å². The molecule has 0 spiro atoms. The van der Waals surface area contributed by atoms with Crippen molar-refractivity contribution in [3.8, 4) is 6.07 Å². The van der Waals surface area contributed by atoms with E-state index in [1.165, 1.54) is 12.1 Å². The molecule has 1 aromatic heterocycles. The Balaban J connectivity index is 1.60. The van der Waals surface area contributed by atoms with Crippen molar-refractivity contribution in [3.05, 3.63) is 65.7 Å². The highest BCUT2D eigenvalue weighted by atomic mass is 19.1. The molecule has 5 heteroatoms. The SMILES string of the molecule is CC1CN(CC#N)CCC1Cc1nc2ccccc2n1Cc1ccc(F)cc1. The molecule has 1 fully saturated rings. The number of para-hydroxylation sites is 2. The highest BCUT2D eigenvalue weighted by Crippen LogP contribution is 2.28. The Kier molecular flexibility index (Phi) is 5.40. The van der Waals surface area contributed by atoms with E-state index in [0.717, 1.165) is 48.4 Å². The number of nitrogens with zero attached hydrogens (tertiary/aromatic N) is 4. The average Bonchev–Trinajstić information content (AvgIpc) is 3.03. The van der Waals surface area contributed by atoms with Crippen molar-refractivity contribution in [2.45, 2.75) is 26.3 Å². The van der Waals surface area contributed by atoms with Gasteiger partial charge in [0.05, 0.1) is 23.6 Å². The highest BCUT2D eigenvalue weighted by Gasteiger charge is 2.27. The summed E-state index contributed by atoms with van der Waals surface area (Å²) in [7, 11) is 0. The van der Waals surface area contributed by atoms with Crippen molar-refractivity contribution >= 4 is 11.0 Å². The second-order valence-electron chi connectivity index (χ2n) is 7.85. The van der Waals surface area contributed by atoms with Gasteiger partial charge in [-0.3, -0.25) is 4.90 Å². The summed E-state index contributed by atoms with van der Waals surface area (Å²) in [6.07, 6.45) is 2.01. The highest BCUT2D eigenvalue weighted by molar-refractivity contribution is 5.76. The first-order chi connectivity index (χ1) is 13.6. The van der Waals surface area contributed by atoms with Gasteiger partial charge in [-0.25, -0.2) is 9.37 Å². The van der Waals surface area contributed by atoms with Gasteiger partial charge in [0.1, 0.15) is 11.6 Å². The molecule has 1 aliphatic heterocycles. The Labute approximate surface area is 165 Å². The molecule has 28 heavy (non-hydrogen) atoms. The number of imidazole rings is 1. The molecule has 2 unspecified atom stereocenters. The Bertz CT molecular complexity index is 986. The van der Waals surface area contributed by atoms with Crippen LogP contribution >= 0.6 is 0 Å². The Morgan fingerprint density at radius 1 is 1.18 bits per heavy atom. The van der Waals surface area contributed by atoms with E-state index in [1.807, 2.05) is 24.3 Å². The third kappa shape index (κ3) is 3.93. The normalized spacial score (nSPS) is 20.3. The van der Waals surface area contributed by atoms with Crippen LogP contribution in [0.5, 0.6) is 0 Å². The van der Waals surface area contributed by atoms with Gasteiger partial charge in [0.15, 0.2) is 0 Å². The number of halogens is 1. The van der Waals surface area contributed by atoms with E-state index in [2.05, 4.69) is 34.6 Å². The summed E-state index contributed by atoms with van der Waals surface area (Å²) in [5, 5.41) is 8.95. The number of rotatable bonds is 5. The second kappa shape index (κ2) is 8.12. The Morgan fingerprint density at radius 2 is 1.96 bits per heavy atom. The molecule has 4 nitrogen and oxygen atoms in total. The van der Waals surface area contributed by atoms with E-state index >= 15 is 0 Å². The van der Waals surface area contributed by atoms with Crippen LogP contribution in [0.25, 0.3) is 11.0 Å². The molecule has 1 saturated heterocycles. The third-order valence-electron chi connectivity index (χ3n) is 5.89. The fraction of sp³-hybridized carbons (Fsp3) is 0.391. The standard InChI is InChI=1S/C23H25FN4/c1-17-15-27(13-11-25)12-10-19(17)14-23-26-21-4-2-3-5-22(21)28(23)16-18-6-8-20(24)9-7-18/h2-9,17,19H,10,12-16H2,1H3. The van der Waals surface area contributed by atoms with Gasteiger partial charge >= 0.3 is 0 Å². The van der Waals surface area contributed by atoms with Crippen LogP contribution in [0.2, 0.25) is 0 Å². The predicted octanol–water partition coefficient (Wildman–Crippen LogP) is 4.25. The van der Waals surface area contributed by atoms with Crippen LogP contribution in [0.3, 0.4) is 0 Å². The third-order valence-corrected chi connectivity index (χ3v) is 5.89. The number of benzene rings is 2. The van der Waals surface area contributed by atoms with Gasteiger partial charge in [0.2, 0.25) is 0 Å². The van der Waals surface area contributed by atoms with Gasteiger partial charge < -0.3 is 4.57 Å². The molecule has 3 aromatic rings. The summed E-state index contributed by atoms with van der Waals surface area (Å²) in [5.41, 5.74) is 3.20. The molecule has 144 valence electrons. The maximum Gasteiger partial charge on any atom is 0.123 e. The first-order valence-corrected chi connectivity index (χ1v) is 9.92. The zero-order chi connectivity index (χ0) is 19.5. The van der Waals surface area contributed by atoms with Gasteiger partial charge in [0, 0.05) is 19.5 Å². The largest absolute Gasteiger partial charge is 0.323 e. The van der Waals surface area contributed by atoms with Crippen molar-refractivity contribution in [2.24, 2.45) is 11.8 Å². The zero-order valence-electron chi connectivity index (χ0n) is 16.2. The van der Waals surface area contributed by atoms with Crippen molar-refractivity contribution < 1.29 is 4.39 Å². The molecule has 4 rings (SSSR count). The van der Waals surface area contributed by atoms with Gasteiger partial charge in [0.25, 0.3) is 0 Å². The minimum atomic E-state index is -0.211. The molecule has 0 aliphatic carbocycles. The van der Waals surface area contributed by atoms with Gasteiger partial charge in [-0.1, -0.05) is 31.2 Å². The van der Waals surface area contributed by atoms with E-state index in [0.29, 0.717) is 24.9 Å². The maximum atomic E-state index is 13.3. The lowest BCUT2D eigenvalue weighted by Gasteiger charge is -2.35. The second-order valence-corrected chi connectivity index (χ2v) is 7.85. The van der Waals surface area contributed by atoms with E-state index in [4.69, 9.17) is 10.2 Å². The molecule has 2 atom stereocenters. The van der Waals surface area contributed by atoms with Crippen LogP contribution in [-0.2, 0) is 13.0 Å². The first-order valence-electron chi connectivity index (χ1n) is 9.92. The molecule has 2 aromatic carbocycles. The molecular weight excluding hydrogens is 351 g/mol. The van der Waals surface area contributed by atoms with E-state index < -0.39 is 0 Å². The number of hydrogen-bond donors (Lipinski definition) is 0. The van der Waals surface area contributed by atoms with E-state index in [1.54, 1.807) is 0 Å². The van der Waals surface area contributed by atoms with E-state index in [9.17, 15) is 4.39 Å². The minimum Gasteiger partial charge on any atom is -0.323 e. The van der Waals surface area contributed by atoms with Crippen molar-refractivity contribution in [2.75, 3.05) is 19.6 Å². The Morgan fingerprint density at radius 3 is 2.71 bits per heavy atom. The number of fused-ring (bicyclic) bond motifs is 1. The molecule has 2 heterocycles. The lowest BCUT2D eigenvalue weighted by atomic mass is 9.84. The van der Waals surface area contributed by atoms with Crippen molar-refractivity contribution in [1.82, 2.24) is 14.5 Å². The van der Waals surface area contributed by atoms with Crippen LogP contribution in [0.1, 0.15) is 24.7 Å². The number of aromatic nitrogens is 2. The lowest BCUT2D eigenvalue weighted by Crippen LogP contribution is -2.40. The van der Waals surface area contributed by atoms with E-state index in [-0.39, 0.29) is 5.82 Å². The predicted molar refractivity (Wildman–Crippen MR) is 108 cm³/mol. The summed E-state index contributed by atoms with van der Waals surface area (Å²) in [4.78, 5) is 7.17. The summed E-state index contributed by atoms with van der Waals surface area (Å²) in [6.45, 7) is 5.43.